The highest BCUT2D eigenvalue weighted by Crippen LogP contribution is 2.29. The number of nitro groups is 1. The standard InChI is InChI=1S/C19H26N4O4/c1-13(2)10-22(11-14(3)4)12-15(9-20)19(24)21-17-7-6-16(23(25)26)8-18(17)27-5/h6-8,12-14H,10-11H2,1-5H3,(H,21,24)/b15-12-. The van der Waals surface area contributed by atoms with Crippen molar-refractivity contribution in [2.24, 2.45) is 11.8 Å². The van der Waals surface area contributed by atoms with Gasteiger partial charge in [0.2, 0.25) is 0 Å². The summed E-state index contributed by atoms with van der Waals surface area (Å²) in [5, 5.41) is 22.9. The zero-order valence-corrected chi connectivity index (χ0v) is 16.4. The normalized spacial score (nSPS) is 11.3. The van der Waals surface area contributed by atoms with Gasteiger partial charge in [0.05, 0.1) is 23.8 Å². The Hall–Kier alpha value is -3.08. The summed E-state index contributed by atoms with van der Waals surface area (Å²) in [6.45, 7) is 9.70. The summed E-state index contributed by atoms with van der Waals surface area (Å²) < 4.78 is 5.10. The van der Waals surface area contributed by atoms with Gasteiger partial charge in [-0.1, -0.05) is 27.7 Å². The van der Waals surface area contributed by atoms with Crippen molar-refractivity contribution in [2.45, 2.75) is 27.7 Å². The molecule has 1 rings (SSSR count). The number of non-ortho nitro benzene ring substituents is 1. The SMILES string of the molecule is COc1cc([N+](=O)[O-])ccc1NC(=O)/C(C#N)=C\N(CC(C)C)CC(C)C. The highest BCUT2D eigenvalue weighted by atomic mass is 16.6. The van der Waals surface area contributed by atoms with Gasteiger partial charge in [-0.3, -0.25) is 14.9 Å². The first-order valence-electron chi connectivity index (χ1n) is 8.67. The minimum absolute atomic E-state index is 0.0447. The fraction of sp³-hybridized carbons (Fsp3) is 0.474. The summed E-state index contributed by atoms with van der Waals surface area (Å²) in [6.07, 6.45) is 1.56. The Morgan fingerprint density at radius 1 is 1.33 bits per heavy atom. The number of anilines is 1. The Kier molecular flexibility index (Phi) is 8.27. The lowest BCUT2D eigenvalue weighted by Gasteiger charge is -2.25. The number of nitrogens with zero attached hydrogens (tertiary/aromatic N) is 3. The van der Waals surface area contributed by atoms with Crippen molar-refractivity contribution in [3.63, 3.8) is 0 Å². The molecule has 0 aliphatic rings. The van der Waals surface area contributed by atoms with E-state index in [1.807, 2.05) is 11.0 Å². The van der Waals surface area contributed by atoms with Crippen molar-refractivity contribution < 1.29 is 14.5 Å². The summed E-state index contributed by atoms with van der Waals surface area (Å²) in [5.41, 5.74) is 0.0613. The number of nitrogens with one attached hydrogen (secondary N) is 1. The predicted octanol–water partition coefficient (Wildman–Crippen LogP) is 3.56. The number of rotatable bonds is 9. The minimum atomic E-state index is -0.595. The monoisotopic (exact) mass is 374 g/mol. The van der Waals surface area contributed by atoms with E-state index in [0.717, 1.165) is 13.1 Å². The molecule has 1 amide bonds. The van der Waals surface area contributed by atoms with E-state index in [2.05, 4.69) is 33.0 Å². The summed E-state index contributed by atoms with van der Waals surface area (Å²) in [5.74, 6) is 0.300. The molecule has 0 bridgehead atoms. The van der Waals surface area contributed by atoms with Gasteiger partial charge in [0.25, 0.3) is 11.6 Å². The molecular formula is C19H26N4O4. The van der Waals surface area contributed by atoms with E-state index in [1.54, 1.807) is 6.20 Å². The summed E-state index contributed by atoms with van der Waals surface area (Å²) in [7, 11) is 1.35. The number of carbonyl (C=O) groups is 1. The van der Waals surface area contributed by atoms with E-state index in [-0.39, 0.29) is 22.7 Å². The Labute approximate surface area is 159 Å². The predicted molar refractivity (Wildman–Crippen MR) is 103 cm³/mol. The molecule has 1 N–H and O–H groups in total. The van der Waals surface area contributed by atoms with Crippen LogP contribution in [0.2, 0.25) is 0 Å². The first kappa shape index (κ1) is 22.0. The lowest BCUT2D eigenvalue weighted by molar-refractivity contribution is -0.384. The first-order valence-corrected chi connectivity index (χ1v) is 8.67. The average molecular weight is 374 g/mol. The van der Waals surface area contributed by atoms with Crippen molar-refractivity contribution in [3.05, 3.63) is 40.1 Å². The highest BCUT2D eigenvalue weighted by molar-refractivity contribution is 6.07. The quantitative estimate of drug-likeness (QED) is 0.306. The number of hydrogen-bond acceptors (Lipinski definition) is 6. The van der Waals surface area contributed by atoms with E-state index >= 15 is 0 Å². The third-order valence-corrected chi connectivity index (χ3v) is 3.52. The maximum atomic E-state index is 12.5. The van der Waals surface area contributed by atoms with Gasteiger partial charge in [-0.25, -0.2) is 0 Å². The number of hydrogen-bond donors (Lipinski definition) is 1. The zero-order chi connectivity index (χ0) is 20.6. The second kappa shape index (κ2) is 10.2. The molecule has 0 aliphatic carbocycles. The summed E-state index contributed by atoms with van der Waals surface area (Å²) in [4.78, 5) is 24.8. The van der Waals surface area contributed by atoms with Crippen LogP contribution in [0.1, 0.15) is 27.7 Å². The molecule has 0 aliphatic heterocycles. The molecule has 0 unspecified atom stereocenters. The fourth-order valence-corrected chi connectivity index (χ4v) is 2.53. The molecule has 0 spiro atoms. The Bertz CT molecular complexity index is 741. The van der Waals surface area contributed by atoms with Crippen LogP contribution < -0.4 is 10.1 Å². The molecule has 1 aromatic carbocycles. The maximum absolute atomic E-state index is 12.5. The number of methoxy groups -OCH3 is 1. The molecule has 0 radical (unpaired) electrons. The van der Waals surface area contributed by atoms with Crippen molar-refractivity contribution in [1.29, 1.82) is 5.26 Å². The van der Waals surface area contributed by atoms with Gasteiger partial charge in [0.15, 0.2) is 0 Å². The van der Waals surface area contributed by atoms with Crippen LogP contribution in [0, 0.1) is 33.3 Å². The second-order valence-corrected chi connectivity index (χ2v) is 6.99. The molecule has 0 atom stereocenters. The molecule has 0 saturated carbocycles. The van der Waals surface area contributed by atoms with Crippen LogP contribution in [-0.2, 0) is 4.79 Å². The lowest BCUT2D eigenvalue weighted by atomic mass is 10.1. The third kappa shape index (κ3) is 6.98. The van der Waals surface area contributed by atoms with Crippen LogP contribution in [0.25, 0.3) is 0 Å². The van der Waals surface area contributed by atoms with Crippen LogP contribution in [0.15, 0.2) is 30.0 Å². The number of nitriles is 1. The van der Waals surface area contributed by atoms with Crippen LogP contribution in [0.4, 0.5) is 11.4 Å². The van der Waals surface area contributed by atoms with E-state index in [1.165, 1.54) is 25.3 Å². The zero-order valence-electron chi connectivity index (χ0n) is 16.4. The summed E-state index contributed by atoms with van der Waals surface area (Å²) in [6, 6.07) is 5.78. The maximum Gasteiger partial charge on any atom is 0.273 e. The molecule has 0 fully saturated rings. The van der Waals surface area contributed by atoms with Gasteiger partial charge in [-0.15, -0.1) is 0 Å². The Morgan fingerprint density at radius 3 is 2.37 bits per heavy atom. The van der Waals surface area contributed by atoms with Gasteiger partial charge in [0.1, 0.15) is 17.4 Å². The molecule has 27 heavy (non-hydrogen) atoms. The molecule has 8 heteroatoms. The van der Waals surface area contributed by atoms with Gasteiger partial charge in [0, 0.05) is 25.4 Å². The topological polar surface area (TPSA) is 108 Å². The smallest absolute Gasteiger partial charge is 0.273 e. The van der Waals surface area contributed by atoms with Crippen molar-refractivity contribution in [1.82, 2.24) is 4.90 Å². The molecule has 146 valence electrons. The molecular weight excluding hydrogens is 348 g/mol. The second-order valence-electron chi connectivity index (χ2n) is 6.99. The van der Waals surface area contributed by atoms with Gasteiger partial charge in [-0.2, -0.15) is 5.26 Å². The fourth-order valence-electron chi connectivity index (χ4n) is 2.53. The number of carbonyl (C=O) groups excluding carboxylic acids is 1. The number of amides is 1. The van der Waals surface area contributed by atoms with E-state index in [0.29, 0.717) is 11.8 Å². The van der Waals surface area contributed by atoms with Crippen LogP contribution in [0.5, 0.6) is 5.75 Å². The average Bonchev–Trinajstić information content (AvgIpc) is 2.58. The molecule has 0 aromatic heterocycles. The molecule has 1 aromatic rings. The molecule has 0 saturated heterocycles. The minimum Gasteiger partial charge on any atom is -0.494 e. The van der Waals surface area contributed by atoms with Gasteiger partial charge < -0.3 is 15.0 Å². The third-order valence-electron chi connectivity index (χ3n) is 3.52. The van der Waals surface area contributed by atoms with Gasteiger partial charge >= 0.3 is 0 Å². The number of benzene rings is 1. The highest BCUT2D eigenvalue weighted by Gasteiger charge is 2.17. The number of ether oxygens (including phenoxy) is 1. The van der Waals surface area contributed by atoms with Crippen molar-refractivity contribution in [3.8, 4) is 11.8 Å². The van der Waals surface area contributed by atoms with E-state index in [9.17, 15) is 20.2 Å². The van der Waals surface area contributed by atoms with Gasteiger partial charge in [-0.05, 0) is 17.9 Å². The molecule has 8 nitrogen and oxygen atoms in total. The Balaban J connectivity index is 3.07. The van der Waals surface area contributed by atoms with E-state index < -0.39 is 10.8 Å². The largest absolute Gasteiger partial charge is 0.494 e. The van der Waals surface area contributed by atoms with Crippen LogP contribution >= 0.6 is 0 Å². The van der Waals surface area contributed by atoms with Crippen LogP contribution in [-0.4, -0.2) is 35.9 Å². The summed E-state index contributed by atoms with van der Waals surface area (Å²) >= 11 is 0. The molecule has 0 heterocycles. The first-order chi connectivity index (χ1) is 12.7. The number of nitro benzene ring substituents is 1. The van der Waals surface area contributed by atoms with E-state index in [4.69, 9.17) is 4.74 Å². The van der Waals surface area contributed by atoms with Crippen LogP contribution in [0.3, 0.4) is 0 Å². The lowest BCUT2D eigenvalue weighted by Crippen LogP contribution is -2.28. The van der Waals surface area contributed by atoms with Crippen molar-refractivity contribution in [2.75, 3.05) is 25.5 Å². The Morgan fingerprint density at radius 2 is 1.93 bits per heavy atom. The van der Waals surface area contributed by atoms with Crippen molar-refractivity contribution >= 4 is 17.3 Å².